The van der Waals surface area contributed by atoms with Crippen LogP contribution in [0.4, 0.5) is 5.82 Å². The molecule has 0 fully saturated rings. The highest BCUT2D eigenvalue weighted by molar-refractivity contribution is 9.10. The Morgan fingerprint density at radius 1 is 1.75 bits per heavy atom. The molecule has 0 aliphatic carbocycles. The van der Waals surface area contributed by atoms with Gasteiger partial charge in [0.05, 0.1) is 17.3 Å². The first kappa shape index (κ1) is 9.18. The molecular formula is C6H8BrN3O2. The molecule has 5 nitrogen and oxygen atoms in total. The average Bonchev–Trinajstić information content (AvgIpc) is 2.30. The Balaban J connectivity index is 3.09. The minimum absolute atomic E-state index is 0.134. The lowest BCUT2D eigenvalue weighted by molar-refractivity contribution is -0.390. The highest BCUT2D eigenvalue weighted by Gasteiger charge is 2.19. The highest BCUT2D eigenvalue weighted by Crippen LogP contribution is 2.23. The lowest BCUT2D eigenvalue weighted by atomic mass is 10.4. The third-order valence-electron chi connectivity index (χ3n) is 1.37. The van der Waals surface area contributed by atoms with Crippen LogP contribution in [0.2, 0.25) is 0 Å². The Bertz CT molecular complexity index is 308. The smallest absolute Gasteiger partial charge is 0.358 e. The van der Waals surface area contributed by atoms with Crippen molar-refractivity contribution in [3.8, 4) is 0 Å². The van der Waals surface area contributed by atoms with Crippen LogP contribution in [0.15, 0.2) is 10.7 Å². The van der Waals surface area contributed by atoms with E-state index in [4.69, 9.17) is 0 Å². The molecule has 0 N–H and O–H groups in total. The third-order valence-corrected chi connectivity index (χ3v) is 1.93. The summed E-state index contributed by atoms with van der Waals surface area (Å²) in [5.74, 6) is -0.135. The lowest BCUT2D eigenvalue weighted by Crippen LogP contribution is -2.01. The zero-order chi connectivity index (χ0) is 9.30. The molecule has 66 valence electrons. The summed E-state index contributed by atoms with van der Waals surface area (Å²) in [5.41, 5.74) is 0. The maximum Gasteiger partial charge on any atom is 0.404 e. The molecule has 0 aromatic carbocycles. The summed E-state index contributed by atoms with van der Waals surface area (Å²) in [7, 11) is 0. The number of halogens is 1. The predicted octanol–water partition coefficient (Wildman–Crippen LogP) is 2.13. The van der Waals surface area contributed by atoms with Crippen molar-refractivity contribution in [3.05, 3.63) is 20.8 Å². The van der Waals surface area contributed by atoms with Gasteiger partial charge in [-0.05, 0) is 34.7 Å². The van der Waals surface area contributed by atoms with E-state index in [1.54, 1.807) is 10.9 Å². The van der Waals surface area contributed by atoms with E-state index in [1.807, 2.05) is 13.8 Å². The first-order valence-electron chi connectivity index (χ1n) is 3.41. The second-order valence-corrected chi connectivity index (χ2v) is 3.49. The molecular weight excluding hydrogens is 226 g/mol. The van der Waals surface area contributed by atoms with Crippen LogP contribution in [0.1, 0.15) is 19.9 Å². The summed E-state index contributed by atoms with van der Waals surface area (Å²) >= 11 is 3.06. The Kier molecular flexibility index (Phi) is 2.46. The summed E-state index contributed by atoms with van der Waals surface area (Å²) in [6.07, 6.45) is 1.60. The summed E-state index contributed by atoms with van der Waals surface area (Å²) < 4.78 is 1.96. The molecule has 0 unspecified atom stereocenters. The van der Waals surface area contributed by atoms with Crippen LogP contribution in [-0.2, 0) is 0 Å². The molecule has 1 heterocycles. The van der Waals surface area contributed by atoms with Gasteiger partial charge >= 0.3 is 5.82 Å². The maximum atomic E-state index is 10.4. The van der Waals surface area contributed by atoms with Crippen LogP contribution in [0.25, 0.3) is 0 Å². The van der Waals surface area contributed by atoms with Crippen molar-refractivity contribution in [1.82, 2.24) is 9.78 Å². The van der Waals surface area contributed by atoms with E-state index in [0.29, 0.717) is 4.47 Å². The fourth-order valence-corrected chi connectivity index (χ4v) is 1.18. The molecule has 0 aliphatic rings. The zero-order valence-corrected chi connectivity index (χ0v) is 8.28. The molecule has 1 rings (SSSR count). The normalized spacial score (nSPS) is 10.7. The lowest BCUT2D eigenvalue weighted by Gasteiger charge is -1.96. The average molecular weight is 234 g/mol. The molecule has 0 saturated carbocycles. The molecule has 0 aliphatic heterocycles. The van der Waals surface area contributed by atoms with Gasteiger partial charge in [-0.15, -0.1) is 0 Å². The molecule has 0 saturated heterocycles. The Labute approximate surface area is 77.7 Å². The molecule has 0 amide bonds. The number of aromatic nitrogens is 2. The van der Waals surface area contributed by atoms with Gasteiger partial charge in [0.1, 0.15) is 4.47 Å². The Morgan fingerprint density at radius 2 is 2.33 bits per heavy atom. The van der Waals surface area contributed by atoms with E-state index in [-0.39, 0.29) is 11.9 Å². The minimum atomic E-state index is -0.511. The van der Waals surface area contributed by atoms with Crippen molar-refractivity contribution in [2.45, 2.75) is 19.9 Å². The van der Waals surface area contributed by atoms with E-state index in [9.17, 15) is 10.1 Å². The predicted molar refractivity (Wildman–Crippen MR) is 47.0 cm³/mol. The molecule has 12 heavy (non-hydrogen) atoms. The fraction of sp³-hybridized carbons (Fsp3) is 0.500. The molecule has 0 atom stereocenters. The van der Waals surface area contributed by atoms with Crippen molar-refractivity contribution < 1.29 is 4.92 Å². The maximum absolute atomic E-state index is 10.4. The van der Waals surface area contributed by atoms with E-state index >= 15 is 0 Å². The number of nitrogens with zero attached hydrogens (tertiary/aromatic N) is 3. The van der Waals surface area contributed by atoms with Gasteiger partial charge in [-0.25, -0.2) is 0 Å². The van der Waals surface area contributed by atoms with Gasteiger partial charge < -0.3 is 10.1 Å². The van der Waals surface area contributed by atoms with E-state index in [0.717, 1.165) is 0 Å². The van der Waals surface area contributed by atoms with Gasteiger partial charge in [-0.3, -0.25) is 0 Å². The molecule has 0 radical (unpaired) electrons. The third kappa shape index (κ3) is 1.63. The van der Waals surface area contributed by atoms with Crippen molar-refractivity contribution in [2.75, 3.05) is 0 Å². The summed E-state index contributed by atoms with van der Waals surface area (Å²) in [5, 5.41) is 14.1. The number of hydrogen-bond donors (Lipinski definition) is 0. The molecule has 1 aromatic rings. The van der Waals surface area contributed by atoms with Gasteiger partial charge in [0.25, 0.3) is 0 Å². The van der Waals surface area contributed by atoms with Crippen LogP contribution >= 0.6 is 15.9 Å². The van der Waals surface area contributed by atoms with E-state index < -0.39 is 4.92 Å². The number of rotatable bonds is 2. The van der Waals surface area contributed by atoms with E-state index in [2.05, 4.69) is 21.0 Å². The van der Waals surface area contributed by atoms with Gasteiger partial charge in [-0.2, -0.15) is 4.68 Å². The van der Waals surface area contributed by atoms with Crippen LogP contribution < -0.4 is 0 Å². The van der Waals surface area contributed by atoms with Gasteiger partial charge in [0.15, 0.2) is 0 Å². The van der Waals surface area contributed by atoms with Crippen molar-refractivity contribution in [3.63, 3.8) is 0 Å². The summed E-state index contributed by atoms with van der Waals surface area (Å²) in [6, 6.07) is 0.134. The molecule has 1 aromatic heterocycles. The quantitative estimate of drug-likeness (QED) is 0.581. The first-order valence-corrected chi connectivity index (χ1v) is 4.20. The van der Waals surface area contributed by atoms with Gasteiger partial charge in [0, 0.05) is 0 Å². The number of nitro groups is 1. The minimum Gasteiger partial charge on any atom is -0.358 e. The summed E-state index contributed by atoms with van der Waals surface area (Å²) in [4.78, 5) is 9.85. The second kappa shape index (κ2) is 3.22. The fourth-order valence-electron chi connectivity index (χ4n) is 0.748. The zero-order valence-electron chi connectivity index (χ0n) is 6.69. The molecule has 0 spiro atoms. The van der Waals surface area contributed by atoms with Crippen LogP contribution in [-0.4, -0.2) is 14.7 Å². The summed E-state index contributed by atoms with van der Waals surface area (Å²) in [6.45, 7) is 3.81. The number of hydrogen-bond acceptors (Lipinski definition) is 3. The Hall–Kier alpha value is -0.910. The SMILES string of the molecule is CC(C)n1cc(Br)c([N+](=O)[O-])n1. The van der Waals surface area contributed by atoms with Crippen molar-refractivity contribution in [2.24, 2.45) is 0 Å². The standard InChI is InChI=1S/C6H8BrN3O2/c1-4(2)9-3-5(7)6(8-9)10(11)12/h3-4H,1-2H3. The second-order valence-electron chi connectivity index (χ2n) is 2.63. The first-order chi connectivity index (χ1) is 5.52. The highest BCUT2D eigenvalue weighted by atomic mass is 79.9. The van der Waals surface area contributed by atoms with Crippen LogP contribution in [0.5, 0.6) is 0 Å². The van der Waals surface area contributed by atoms with Crippen LogP contribution in [0.3, 0.4) is 0 Å². The van der Waals surface area contributed by atoms with Gasteiger partial charge in [-0.1, -0.05) is 0 Å². The van der Waals surface area contributed by atoms with E-state index in [1.165, 1.54) is 0 Å². The molecule has 0 bridgehead atoms. The van der Waals surface area contributed by atoms with Crippen molar-refractivity contribution in [1.29, 1.82) is 0 Å². The van der Waals surface area contributed by atoms with Crippen molar-refractivity contribution >= 4 is 21.7 Å². The topological polar surface area (TPSA) is 61.0 Å². The Morgan fingerprint density at radius 3 is 2.58 bits per heavy atom. The van der Waals surface area contributed by atoms with Gasteiger partial charge in [0.2, 0.25) is 0 Å². The largest absolute Gasteiger partial charge is 0.404 e. The monoisotopic (exact) mass is 233 g/mol. The molecule has 6 heteroatoms. The van der Waals surface area contributed by atoms with Crippen LogP contribution in [0, 0.1) is 10.1 Å².